The number of benzene rings is 2. The second-order valence-corrected chi connectivity index (χ2v) is 7.62. The smallest absolute Gasteiger partial charge is 0.224 e. The fraction of sp³-hybridized carbons (Fsp3) is 0.417. The Morgan fingerprint density at radius 2 is 1.62 bits per heavy atom. The average molecular weight is 551 g/mol. The summed E-state index contributed by atoms with van der Waals surface area (Å²) in [5, 5.41) is 16.1. The summed E-state index contributed by atoms with van der Waals surface area (Å²) in [6, 6.07) is 20.2. The minimum atomic E-state index is -0.0118. The number of aliphatic imine (C=N–C) groups is 1. The number of anilines is 1. The molecule has 8 heteroatoms. The van der Waals surface area contributed by atoms with Gasteiger partial charge in [-0.3, -0.25) is 9.79 Å². The topological polar surface area (TPSA) is 80.2 Å². The number of para-hydroxylation sites is 1. The summed E-state index contributed by atoms with van der Waals surface area (Å²) >= 11 is 0. The number of nitrogens with zero attached hydrogens (tertiary/aromatic N) is 3. The maximum Gasteiger partial charge on any atom is 0.224 e. The van der Waals surface area contributed by atoms with Gasteiger partial charge in [-0.1, -0.05) is 48.5 Å². The minimum absolute atomic E-state index is 0. The number of carbonyl (C=O) groups excluding carboxylic acids is 1. The molecule has 1 saturated heterocycles. The van der Waals surface area contributed by atoms with Gasteiger partial charge < -0.3 is 25.5 Å². The molecule has 174 valence electrons. The van der Waals surface area contributed by atoms with E-state index in [2.05, 4.69) is 32.7 Å². The van der Waals surface area contributed by atoms with Crippen LogP contribution in [0.25, 0.3) is 0 Å². The van der Waals surface area contributed by atoms with Crippen LogP contribution in [0.1, 0.15) is 17.9 Å². The molecule has 7 nitrogen and oxygen atoms in total. The van der Waals surface area contributed by atoms with E-state index in [1.165, 1.54) is 5.69 Å². The van der Waals surface area contributed by atoms with Crippen molar-refractivity contribution < 1.29 is 9.90 Å². The third-order valence-corrected chi connectivity index (χ3v) is 5.62. The number of guanidine groups is 1. The SMILES string of the molecule is CN=C(NCCC(=O)N1CCN(c2ccccc2)CC1)NCC(CO)c1ccccc1.I. The molecule has 1 unspecified atom stereocenters. The van der Waals surface area contributed by atoms with E-state index in [1.807, 2.05) is 53.4 Å². The number of rotatable bonds is 8. The highest BCUT2D eigenvalue weighted by Gasteiger charge is 2.21. The van der Waals surface area contributed by atoms with Crippen LogP contribution in [0.3, 0.4) is 0 Å². The Bertz CT molecular complexity index is 827. The Labute approximate surface area is 207 Å². The van der Waals surface area contributed by atoms with Crippen LogP contribution in [-0.4, -0.2) is 74.8 Å². The van der Waals surface area contributed by atoms with Crippen molar-refractivity contribution in [3.8, 4) is 0 Å². The third kappa shape index (κ3) is 7.67. The number of halogens is 1. The number of amides is 1. The summed E-state index contributed by atoms with van der Waals surface area (Å²) in [4.78, 5) is 21.1. The standard InChI is InChI=1S/C24H33N5O2.HI/c1-25-24(27-18-21(19-30)20-8-4-2-5-9-20)26-13-12-23(31)29-16-14-28(15-17-29)22-10-6-3-7-11-22;/h2-11,21,30H,12-19H2,1H3,(H2,25,26,27);1H. The molecule has 0 saturated carbocycles. The number of carbonyl (C=O) groups is 1. The Hall–Kier alpha value is -2.33. The van der Waals surface area contributed by atoms with Crippen LogP contribution in [0.5, 0.6) is 0 Å². The lowest BCUT2D eigenvalue weighted by atomic mass is 10.0. The van der Waals surface area contributed by atoms with Crippen LogP contribution in [-0.2, 0) is 4.79 Å². The lowest BCUT2D eigenvalue weighted by molar-refractivity contribution is -0.131. The Morgan fingerprint density at radius 3 is 2.22 bits per heavy atom. The Balaban J connectivity index is 0.00000363. The van der Waals surface area contributed by atoms with Gasteiger partial charge >= 0.3 is 0 Å². The van der Waals surface area contributed by atoms with Gasteiger partial charge in [0.05, 0.1) is 6.61 Å². The molecular formula is C24H34IN5O2. The lowest BCUT2D eigenvalue weighted by Crippen LogP contribution is -2.49. The monoisotopic (exact) mass is 551 g/mol. The molecule has 0 aromatic heterocycles. The summed E-state index contributed by atoms with van der Waals surface area (Å²) in [7, 11) is 1.70. The zero-order chi connectivity index (χ0) is 21.9. The Morgan fingerprint density at radius 1 is 1.00 bits per heavy atom. The highest BCUT2D eigenvalue weighted by atomic mass is 127. The number of piperazine rings is 1. The van der Waals surface area contributed by atoms with Gasteiger partial charge in [-0.2, -0.15) is 0 Å². The van der Waals surface area contributed by atoms with Crippen molar-refractivity contribution in [1.82, 2.24) is 15.5 Å². The van der Waals surface area contributed by atoms with Gasteiger partial charge in [-0.25, -0.2) is 0 Å². The van der Waals surface area contributed by atoms with E-state index in [1.54, 1.807) is 7.05 Å². The van der Waals surface area contributed by atoms with Crippen LogP contribution in [0.4, 0.5) is 5.69 Å². The first-order chi connectivity index (χ1) is 15.2. The maximum atomic E-state index is 12.6. The molecule has 3 rings (SSSR count). The predicted molar refractivity (Wildman–Crippen MR) is 141 cm³/mol. The van der Waals surface area contributed by atoms with E-state index in [0.717, 1.165) is 31.7 Å². The van der Waals surface area contributed by atoms with E-state index in [0.29, 0.717) is 25.5 Å². The number of nitrogens with one attached hydrogen (secondary N) is 2. The number of aliphatic hydroxyl groups excluding tert-OH is 1. The molecule has 32 heavy (non-hydrogen) atoms. The quantitative estimate of drug-likeness (QED) is 0.267. The van der Waals surface area contributed by atoms with Gasteiger partial charge in [-0.15, -0.1) is 24.0 Å². The molecular weight excluding hydrogens is 517 g/mol. The van der Waals surface area contributed by atoms with E-state index >= 15 is 0 Å². The normalized spacial score (nSPS) is 15.0. The van der Waals surface area contributed by atoms with E-state index in [-0.39, 0.29) is 42.4 Å². The first kappa shape index (κ1) is 25.9. The summed E-state index contributed by atoms with van der Waals surface area (Å²) in [5.74, 6) is 0.784. The van der Waals surface area contributed by atoms with Crippen molar-refractivity contribution in [1.29, 1.82) is 0 Å². The zero-order valence-electron chi connectivity index (χ0n) is 18.6. The summed E-state index contributed by atoms with van der Waals surface area (Å²) < 4.78 is 0. The first-order valence-corrected chi connectivity index (χ1v) is 10.9. The second-order valence-electron chi connectivity index (χ2n) is 7.62. The zero-order valence-corrected chi connectivity index (χ0v) is 20.9. The molecule has 3 N–H and O–H groups in total. The Kier molecular flexibility index (Phi) is 11.3. The van der Waals surface area contributed by atoms with Crippen LogP contribution in [0, 0.1) is 0 Å². The first-order valence-electron chi connectivity index (χ1n) is 10.9. The van der Waals surface area contributed by atoms with Gasteiger partial charge in [0.1, 0.15) is 0 Å². The van der Waals surface area contributed by atoms with Crippen molar-refractivity contribution in [3.63, 3.8) is 0 Å². The third-order valence-electron chi connectivity index (χ3n) is 5.62. The second kappa shape index (κ2) is 13.9. The van der Waals surface area contributed by atoms with Crippen molar-refractivity contribution in [2.24, 2.45) is 4.99 Å². The van der Waals surface area contributed by atoms with Gasteiger partial charge in [0.2, 0.25) is 5.91 Å². The molecule has 2 aromatic rings. The van der Waals surface area contributed by atoms with Gasteiger partial charge in [-0.05, 0) is 17.7 Å². The van der Waals surface area contributed by atoms with Crippen molar-refractivity contribution in [2.75, 3.05) is 57.8 Å². The molecule has 1 amide bonds. The summed E-state index contributed by atoms with van der Waals surface area (Å²) in [6.07, 6.45) is 0.425. The van der Waals surface area contributed by atoms with E-state index in [4.69, 9.17) is 0 Å². The van der Waals surface area contributed by atoms with Crippen molar-refractivity contribution in [3.05, 3.63) is 66.2 Å². The van der Waals surface area contributed by atoms with E-state index in [9.17, 15) is 9.90 Å². The number of hydrogen-bond donors (Lipinski definition) is 3. The van der Waals surface area contributed by atoms with Crippen LogP contribution < -0.4 is 15.5 Å². The molecule has 1 fully saturated rings. The van der Waals surface area contributed by atoms with Crippen LogP contribution in [0.15, 0.2) is 65.7 Å². The average Bonchev–Trinajstić information content (AvgIpc) is 2.84. The van der Waals surface area contributed by atoms with E-state index < -0.39 is 0 Å². The summed E-state index contributed by atoms with van der Waals surface area (Å²) in [6.45, 7) is 4.35. The van der Waals surface area contributed by atoms with Gasteiger partial charge in [0, 0.05) is 64.3 Å². The maximum absolute atomic E-state index is 12.6. The lowest BCUT2D eigenvalue weighted by Gasteiger charge is -2.36. The van der Waals surface area contributed by atoms with Gasteiger partial charge in [0.15, 0.2) is 5.96 Å². The van der Waals surface area contributed by atoms with Crippen LogP contribution in [0.2, 0.25) is 0 Å². The molecule has 0 radical (unpaired) electrons. The van der Waals surface area contributed by atoms with Crippen molar-refractivity contribution in [2.45, 2.75) is 12.3 Å². The molecule has 1 heterocycles. The molecule has 0 aliphatic carbocycles. The fourth-order valence-corrected chi connectivity index (χ4v) is 3.75. The number of aliphatic hydroxyl groups is 1. The minimum Gasteiger partial charge on any atom is -0.396 e. The molecule has 0 bridgehead atoms. The molecule has 0 spiro atoms. The molecule has 1 aliphatic heterocycles. The largest absolute Gasteiger partial charge is 0.396 e. The van der Waals surface area contributed by atoms with Crippen molar-refractivity contribution >= 4 is 41.5 Å². The highest BCUT2D eigenvalue weighted by molar-refractivity contribution is 14.0. The van der Waals surface area contributed by atoms with Crippen LogP contribution >= 0.6 is 24.0 Å². The van der Waals surface area contributed by atoms with Gasteiger partial charge in [0.25, 0.3) is 0 Å². The number of hydrogen-bond acceptors (Lipinski definition) is 4. The fourth-order valence-electron chi connectivity index (χ4n) is 3.75. The molecule has 1 aliphatic rings. The predicted octanol–water partition coefficient (Wildman–Crippen LogP) is 2.28. The molecule has 1 atom stereocenters. The highest BCUT2D eigenvalue weighted by Crippen LogP contribution is 2.16. The summed E-state index contributed by atoms with van der Waals surface area (Å²) in [5.41, 5.74) is 2.29. The molecule has 2 aromatic carbocycles.